The van der Waals surface area contributed by atoms with Crippen molar-refractivity contribution in [3.05, 3.63) is 45.2 Å². The summed E-state index contributed by atoms with van der Waals surface area (Å²) in [5.74, 6) is 0.0820. The van der Waals surface area contributed by atoms with Crippen molar-refractivity contribution in [2.24, 2.45) is 0 Å². The van der Waals surface area contributed by atoms with Crippen LogP contribution in [0, 0.1) is 20.8 Å². The van der Waals surface area contributed by atoms with Gasteiger partial charge in [0.1, 0.15) is 5.78 Å². The van der Waals surface area contributed by atoms with Crippen LogP contribution in [0.25, 0.3) is 10.9 Å². The minimum atomic E-state index is 0.0577. The second-order valence-electron chi connectivity index (χ2n) is 4.95. The molecule has 0 bridgehead atoms. The quantitative estimate of drug-likeness (QED) is 0.813. The van der Waals surface area contributed by atoms with Crippen molar-refractivity contribution in [2.75, 3.05) is 0 Å². The lowest BCUT2D eigenvalue weighted by Crippen LogP contribution is -2.16. The fraction of sp³-hybridized carbons (Fsp3) is 0.333. The van der Waals surface area contributed by atoms with E-state index in [1.165, 1.54) is 0 Å². The maximum absolute atomic E-state index is 12.2. The van der Waals surface area contributed by atoms with Gasteiger partial charge in [-0.25, -0.2) is 0 Å². The van der Waals surface area contributed by atoms with Gasteiger partial charge >= 0.3 is 0 Å². The average Bonchev–Trinajstić information content (AvgIpc) is 2.24. The molecule has 1 aromatic heterocycles. The number of hydrogen-bond acceptors (Lipinski definition) is 2. The molecule has 0 fully saturated rings. The summed E-state index contributed by atoms with van der Waals surface area (Å²) in [6.07, 6.45) is 1.77. The molecular weight excluding hydrogens is 226 g/mol. The minimum Gasteiger partial charge on any atom is -0.340 e. The van der Waals surface area contributed by atoms with Crippen LogP contribution in [0.2, 0.25) is 0 Å². The lowest BCUT2D eigenvalue weighted by molar-refractivity contribution is -0.117. The van der Waals surface area contributed by atoms with Crippen LogP contribution in [-0.4, -0.2) is 10.4 Å². The molecule has 3 heteroatoms. The Morgan fingerprint density at radius 1 is 1.17 bits per heavy atom. The molecule has 18 heavy (non-hydrogen) atoms. The zero-order chi connectivity index (χ0) is 13.4. The van der Waals surface area contributed by atoms with Gasteiger partial charge in [-0.1, -0.05) is 6.07 Å². The molecule has 0 unspecified atom stereocenters. The van der Waals surface area contributed by atoms with Crippen LogP contribution in [0.1, 0.15) is 23.6 Å². The van der Waals surface area contributed by atoms with Gasteiger partial charge in [-0.15, -0.1) is 0 Å². The molecule has 0 aliphatic rings. The Labute approximate surface area is 106 Å². The van der Waals surface area contributed by atoms with Crippen LogP contribution in [-0.2, 0) is 11.3 Å². The number of nitrogens with zero attached hydrogens (tertiary/aromatic N) is 1. The van der Waals surface area contributed by atoms with E-state index in [9.17, 15) is 9.59 Å². The van der Waals surface area contributed by atoms with E-state index in [2.05, 4.69) is 0 Å². The lowest BCUT2D eigenvalue weighted by atomic mass is 10.0. The number of carbonyl (C=O) groups excluding carboxylic acids is 1. The van der Waals surface area contributed by atoms with E-state index >= 15 is 0 Å². The molecule has 3 nitrogen and oxygen atoms in total. The molecule has 2 rings (SSSR count). The van der Waals surface area contributed by atoms with Gasteiger partial charge < -0.3 is 4.57 Å². The summed E-state index contributed by atoms with van der Waals surface area (Å²) in [4.78, 5) is 23.5. The van der Waals surface area contributed by atoms with E-state index in [0.717, 1.165) is 22.0 Å². The summed E-state index contributed by atoms with van der Waals surface area (Å²) in [7, 11) is 0. The van der Waals surface area contributed by atoms with E-state index in [1.807, 2.05) is 30.5 Å². The molecule has 0 spiro atoms. The molecule has 0 radical (unpaired) electrons. The molecule has 0 saturated heterocycles. The number of carbonyl (C=O) groups is 1. The zero-order valence-corrected chi connectivity index (χ0v) is 11.2. The largest absolute Gasteiger partial charge is 0.340 e. The molecule has 0 amide bonds. The summed E-state index contributed by atoms with van der Waals surface area (Å²) < 4.78 is 1.87. The smallest absolute Gasteiger partial charge is 0.192 e. The Hall–Kier alpha value is -1.90. The van der Waals surface area contributed by atoms with Gasteiger partial charge in [0.15, 0.2) is 5.43 Å². The number of hydrogen-bond donors (Lipinski definition) is 0. The topological polar surface area (TPSA) is 39.1 Å². The minimum absolute atomic E-state index is 0.0577. The molecular formula is C15H17NO2. The van der Waals surface area contributed by atoms with Crippen molar-refractivity contribution >= 4 is 16.7 Å². The molecule has 0 atom stereocenters. The number of fused-ring (bicyclic) bond motifs is 1. The Balaban J connectivity index is 2.91. The Bertz CT molecular complexity index is 696. The second-order valence-corrected chi connectivity index (χ2v) is 4.95. The van der Waals surface area contributed by atoms with Crippen LogP contribution in [0.3, 0.4) is 0 Å². The SMILES string of the molecule is CC(=O)Cn1cc(C)c(=O)c2c(C)cc(C)cc21. The monoisotopic (exact) mass is 243 g/mol. The normalized spacial score (nSPS) is 10.9. The summed E-state index contributed by atoms with van der Waals surface area (Å²) in [5, 5.41) is 0.724. The van der Waals surface area contributed by atoms with E-state index < -0.39 is 0 Å². The first-order valence-corrected chi connectivity index (χ1v) is 6.00. The van der Waals surface area contributed by atoms with Crippen molar-refractivity contribution in [3.63, 3.8) is 0 Å². The molecule has 0 aliphatic heterocycles. The summed E-state index contributed by atoms with van der Waals surface area (Å²) in [6, 6.07) is 3.97. The zero-order valence-electron chi connectivity index (χ0n) is 11.2. The van der Waals surface area contributed by atoms with Crippen molar-refractivity contribution < 1.29 is 4.79 Å². The Kier molecular flexibility index (Phi) is 3.07. The molecule has 0 N–H and O–H groups in total. The first-order valence-electron chi connectivity index (χ1n) is 6.00. The average molecular weight is 243 g/mol. The van der Waals surface area contributed by atoms with Crippen molar-refractivity contribution in [1.82, 2.24) is 4.57 Å². The summed E-state index contributed by atoms with van der Waals surface area (Å²) in [6.45, 7) is 7.59. The first kappa shape index (κ1) is 12.6. The number of benzene rings is 1. The molecule has 2 aromatic rings. The number of Topliss-reactive ketones (excluding diaryl/α,β-unsaturated/α-hetero) is 1. The standard InChI is InChI=1S/C15H17NO2/c1-9-5-10(2)14-13(6-9)16(8-12(4)17)7-11(3)15(14)18/h5-7H,8H2,1-4H3. The third kappa shape index (κ3) is 2.08. The molecule has 0 saturated carbocycles. The van der Waals surface area contributed by atoms with Crippen LogP contribution < -0.4 is 5.43 Å². The van der Waals surface area contributed by atoms with Gasteiger partial charge in [0, 0.05) is 17.1 Å². The second kappa shape index (κ2) is 4.41. The van der Waals surface area contributed by atoms with Crippen LogP contribution in [0.15, 0.2) is 23.1 Å². The third-order valence-electron chi connectivity index (χ3n) is 3.10. The number of rotatable bonds is 2. The van der Waals surface area contributed by atoms with E-state index in [-0.39, 0.29) is 11.2 Å². The van der Waals surface area contributed by atoms with Crippen LogP contribution in [0.5, 0.6) is 0 Å². The van der Waals surface area contributed by atoms with Gasteiger partial charge in [-0.05, 0) is 44.9 Å². The van der Waals surface area contributed by atoms with Gasteiger partial charge in [0.25, 0.3) is 0 Å². The number of aryl methyl sites for hydroxylation is 3. The van der Waals surface area contributed by atoms with Crippen molar-refractivity contribution in [3.8, 4) is 0 Å². The van der Waals surface area contributed by atoms with Gasteiger partial charge in [0.05, 0.1) is 12.1 Å². The number of pyridine rings is 1. The highest BCUT2D eigenvalue weighted by molar-refractivity contribution is 5.85. The van der Waals surface area contributed by atoms with Crippen molar-refractivity contribution in [1.29, 1.82) is 0 Å². The maximum atomic E-state index is 12.2. The van der Waals surface area contributed by atoms with Gasteiger partial charge in [-0.3, -0.25) is 9.59 Å². The Morgan fingerprint density at radius 2 is 1.83 bits per heavy atom. The predicted octanol–water partition coefficient (Wildman–Crippen LogP) is 2.52. The maximum Gasteiger partial charge on any atom is 0.192 e. The lowest BCUT2D eigenvalue weighted by Gasteiger charge is -2.13. The van der Waals surface area contributed by atoms with Gasteiger partial charge in [-0.2, -0.15) is 0 Å². The number of ketones is 1. The third-order valence-corrected chi connectivity index (χ3v) is 3.10. The highest BCUT2D eigenvalue weighted by Crippen LogP contribution is 2.18. The molecule has 1 heterocycles. The fourth-order valence-electron chi connectivity index (χ4n) is 2.40. The predicted molar refractivity (Wildman–Crippen MR) is 73.1 cm³/mol. The van der Waals surface area contributed by atoms with Crippen LogP contribution in [0.4, 0.5) is 0 Å². The Morgan fingerprint density at radius 3 is 2.44 bits per heavy atom. The number of aromatic nitrogens is 1. The molecule has 94 valence electrons. The van der Waals surface area contributed by atoms with E-state index in [1.54, 1.807) is 20.0 Å². The van der Waals surface area contributed by atoms with Gasteiger partial charge in [0.2, 0.25) is 0 Å². The summed E-state index contributed by atoms with van der Waals surface area (Å²) in [5.41, 5.74) is 3.65. The van der Waals surface area contributed by atoms with Crippen molar-refractivity contribution in [2.45, 2.75) is 34.2 Å². The van der Waals surface area contributed by atoms with Crippen LogP contribution >= 0.6 is 0 Å². The highest BCUT2D eigenvalue weighted by Gasteiger charge is 2.10. The molecule has 1 aromatic carbocycles. The van der Waals surface area contributed by atoms with E-state index in [0.29, 0.717) is 12.1 Å². The highest BCUT2D eigenvalue weighted by atomic mass is 16.1. The molecule has 0 aliphatic carbocycles. The first-order chi connectivity index (χ1) is 8.40. The fourth-order valence-corrected chi connectivity index (χ4v) is 2.40. The van der Waals surface area contributed by atoms with E-state index in [4.69, 9.17) is 0 Å². The summed E-state index contributed by atoms with van der Waals surface area (Å²) >= 11 is 0.